The van der Waals surface area contributed by atoms with Gasteiger partial charge < -0.3 is 25.0 Å². The zero-order valence-corrected chi connectivity index (χ0v) is 21.1. The van der Waals surface area contributed by atoms with Gasteiger partial charge in [0.25, 0.3) is 0 Å². The Labute approximate surface area is 200 Å². The molecule has 30 heavy (non-hydrogen) atoms. The van der Waals surface area contributed by atoms with E-state index in [1.54, 1.807) is 32.6 Å². The van der Waals surface area contributed by atoms with Crippen LogP contribution >= 0.6 is 35.3 Å². The van der Waals surface area contributed by atoms with Crippen LogP contribution in [0.2, 0.25) is 0 Å². The normalized spacial score (nSPS) is 13.7. The van der Waals surface area contributed by atoms with Gasteiger partial charge in [-0.15, -0.1) is 35.3 Å². The van der Waals surface area contributed by atoms with Gasteiger partial charge in [0.15, 0.2) is 22.6 Å². The van der Waals surface area contributed by atoms with E-state index in [2.05, 4.69) is 32.0 Å². The third-order valence-electron chi connectivity index (χ3n) is 4.97. The van der Waals surface area contributed by atoms with Crippen LogP contribution in [0.5, 0.6) is 11.5 Å². The third kappa shape index (κ3) is 6.90. The number of hydrogen-bond donors (Lipinski definition) is 2. The zero-order chi connectivity index (χ0) is 20.5. The van der Waals surface area contributed by atoms with Crippen molar-refractivity contribution in [3.63, 3.8) is 0 Å². The summed E-state index contributed by atoms with van der Waals surface area (Å²) in [4.78, 5) is 11.5. The Balaban J connectivity index is 0.00000320. The fraction of sp³-hybridized carbons (Fsp3) is 0.524. The summed E-state index contributed by atoms with van der Waals surface area (Å²) < 4.78 is 10.7. The van der Waals surface area contributed by atoms with E-state index >= 15 is 0 Å². The molecule has 0 atom stereocenters. The number of thiazole rings is 1. The van der Waals surface area contributed by atoms with E-state index in [4.69, 9.17) is 14.5 Å². The maximum absolute atomic E-state index is 5.37. The summed E-state index contributed by atoms with van der Waals surface area (Å²) in [5, 5.41) is 10.1. The molecule has 1 saturated heterocycles. The zero-order valence-electron chi connectivity index (χ0n) is 17.9. The number of aliphatic imine (C=N–C) groups is 1. The van der Waals surface area contributed by atoms with E-state index in [1.165, 1.54) is 18.4 Å². The van der Waals surface area contributed by atoms with Gasteiger partial charge in [-0.25, -0.2) is 4.98 Å². The van der Waals surface area contributed by atoms with E-state index in [1.807, 2.05) is 12.1 Å². The Bertz CT molecular complexity index is 808. The van der Waals surface area contributed by atoms with Crippen LogP contribution in [-0.2, 0) is 12.8 Å². The highest BCUT2D eigenvalue weighted by Gasteiger charge is 2.15. The quantitative estimate of drug-likeness (QED) is 0.286. The number of anilines is 1. The first-order valence-corrected chi connectivity index (χ1v) is 11.0. The van der Waals surface area contributed by atoms with Crippen LogP contribution in [0.25, 0.3) is 0 Å². The lowest BCUT2D eigenvalue weighted by molar-refractivity contribution is 0.354. The van der Waals surface area contributed by atoms with E-state index in [-0.39, 0.29) is 24.0 Å². The minimum absolute atomic E-state index is 0. The van der Waals surface area contributed by atoms with Gasteiger partial charge in [-0.05, 0) is 37.0 Å². The molecule has 0 amide bonds. The molecule has 3 rings (SSSR count). The summed E-state index contributed by atoms with van der Waals surface area (Å²) in [6, 6.07) is 6.00. The van der Waals surface area contributed by atoms with Gasteiger partial charge in [-0.3, -0.25) is 4.99 Å². The van der Waals surface area contributed by atoms with Crippen molar-refractivity contribution in [2.45, 2.75) is 25.7 Å². The number of aromatic nitrogens is 1. The van der Waals surface area contributed by atoms with Crippen LogP contribution < -0.4 is 25.0 Å². The first-order chi connectivity index (χ1) is 14.2. The molecule has 0 aliphatic carbocycles. The lowest BCUT2D eigenvalue weighted by Gasteiger charge is -2.13. The number of benzene rings is 1. The molecule has 1 fully saturated rings. The molecule has 1 aromatic heterocycles. The Hall–Kier alpha value is -1.75. The molecule has 0 spiro atoms. The minimum atomic E-state index is 0. The molecule has 166 valence electrons. The lowest BCUT2D eigenvalue weighted by atomic mass is 10.1. The largest absolute Gasteiger partial charge is 0.493 e. The van der Waals surface area contributed by atoms with Gasteiger partial charge in [0.2, 0.25) is 0 Å². The average molecular weight is 545 g/mol. The van der Waals surface area contributed by atoms with Crippen molar-refractivity contribution < 1.29 is 9.47 Å². The summed E-state index contributed by atoms with van der Waals surface area (Å²) in [5.41, 5.74) is 2.33. The molecule has 0 radical (unpaired) electrons. The molecule has 2 heterocycles. The van der Waals surface area contributed by atoms with E-state index in [9.17, 15) is 0 Å². The second-order valence-electron chi connectivity index (χ2n) is 6.93. The van der Waals surface area contributed by atoms with Crippen LogP contribution in [0.15, 0.2) is 28.6 Å². The van der Waals surface area contributed by atoms with Crippen molar-refractivity contribution in [3.8, 4) is 11.5 Å². The summed E-state index contributed by atoms with van der Waals surface area (Å²) in [7, 11) is 5.09. The molecule has 9 heteroatoms. The Kier molecular flexibility index (Phi) is 10.5. The Morgan fingerprint density at radius 2 is 1.80 bits per heavy atom. The Morgan fingerprint density at radius 1 is 1.10 bits per heavy atom. The fourth-order valence-corrected chi connectivity index (χ4v) is 4.27. The van der Waals surface area contributed by atoms with Crippen LogP contribution in [0.3, 0.4) is 0 Å². The molecule has 2 aromatic rings. The van der Waals surface area contributed by atoms with Crippen molar-refractivity contribution in [3.05, 3.63) is 34.8 Å². The van der Waals surface area contributed by atoms with Crippen molar-refractivity contribution in [2.24, 2.45) is 4.99 Å². The number of nitrogens with one attached hydrogen (secondary N) is 2. The fourth-order valence-electron chi connectivity index (χ4n) is 3.36. The van der Waals surface area contributed by atoms with Crippen molar-refractivity contribution in [1.82, 2.24) is 15.6 Å². The van der Waals surface area contributed by atoms with Crippen LogP contribution in [0.4, 0.5) is 5.13 Å². The van der Waals surface area contributed by atoms with Crippen molar-refractivity contribution >= 4 is 46.4 Å². The minimum Gasteiger partial charge on any atom is -0.493 e. The molecule has 0 unspecified atom stereocenters. The number of guanidine groups is 1. The number of rotatable bonds is 9. The average Bonchev–Trinajstić information content (AvgIpc) is 3.44. The first-order valence-electron chi connectivity index (χ1n) is 10.1. The maximum Gasteiger partial charge on any atom is 0.190 e. The third-order valence-corrected chi connectivity index (χ3v) is 5.92. The molecular formula is C21H32IN5O2S. The molecule has 2 N–H and O–H groups in total. The number of ether oxygens (including phenoxy) is 2. The highest BCUT2D eigenvalue weighted by molar-refractivity contribution is 14.0. The van der Waals surface area contributed by atoms with Gasteiger partial charge in [0.05, 0.1) is 19.9 Å². The SMILES string of the molecule is CN=C(NCCc1ccc(OC)c(OC)c1)NCCc1csc(N2CCCC2)n1.I. The summed E-state index contributed by atoms with van der Waals surface area (Å²) in [5.74, 6) is 2.31. The smallest absolute Gasteiger partial charge is 0.190 e. The standard InChI is InChI=1S/C21H31N5O2S.HI/c1-22-20(23-10-8-16-6-7-18(27-2)19(14-16)28-3)24-11-9-17-15-29-21(25-17)26-12-4-5-13-26;/h6-7,14-15H,4-5,8-13H2,1-3H3,(H2,22,23,24);1H. The number of nitrogens with zero attached hydrogens (tertiary/aromatic N) is 3. The first kappa shape index (κ1) is 24.5. The highest BCUT2D eigenvalue weighted by atomic mass is 127. The van der Waals surface area contributed by atoms with E-state index in [0.717, 1.165) is 67.3 Å². The molecule has 1 aromatic carbocycles. The molecule has 0 saturated carbocycles. The van der Waals surface area contributed by atoms with Gasteiger partial charge in [-0.2, -0.15) is 0 Å². The maximum atomic E-state index is 5.37. The second kappa shape index (κ2) is 12.8. The van der Waals surface area contributed by atoms with Crippen LogP contribution in [0, 0.1) is 0 Å². The van der Waals surface area contributed by atoms with E-state index < -0.39 is 0 Å². The number of halogens is 1. The monoisotopic (exact) mass is 545 g/mol. The topological polar surface area (TPSA) is 71.0 Å². The van der Waals surface area contributed by atoms with E-state index in [0.29, 0.717) is 0 Å². The Morgan fingerprint density at radius 3 is 2.47 bits per heavy atom. The number of methoxy groups -OCH3 is 2. The second-order valence-corrected chi connectivity index (χ2v) is 7.77. The van der Waals surface area contributed by atoms with Gasteiger partial charge >= 0.3 is 0 Å². The summed E-state index contributed by atoms with van der Waals surface area (Å²) in [6.45, 7) is 3.87. The molecular weight excluding hydrogens is 513 g/mol. The number of hydrogen-bond acceptors (Lipinski definition) is 6. The van der Waals surface area contributed by atoms with Crippen LogP contribution in [-0.4, -0.2) is 58.4 Å². The summed E-state index contributed by atoms with van der Waals surface area (Å²) in [6.07, 6.45) is 4.32. The van der Waals surface area contributed by atoms with Gasteiger partial charge in [-0.1, -0.05) is 6.07 Å². The molecule has 0 bridgehead atoms. The van der Waals surface area contributed by atoms with Gasteiger partial charge in [0, 0.05) is 45.0 Å². The predicted molar refractivity (Wildman–Crippen MR) is 135 cm³/mol. The van der Waals surface area contributed by atoms with Crippen LogP contribution in [0.1, 0.15) is 24.1 Å². The molecule has 7 nitrogen and oxygen atoms in total. The van der Waals surface area contributed by atoms with Crippen molar-refractivity contribution in [1.29, 1.82) is 0 Å². The molecule has 1 aliphatic heterocycles. The summed E-state index contributed by atoms with van der Waals surface area (Å²) >= 11 is 1.75. The predicted octanol–water partition coefficient (Wildman–Crippen LogP) is 3.33. The highest BCUT2D eigenvalue weighted by Crippen LogP contribution is 2.27. The lowest BCUT2D eigenvalue weighted by Crippen LogP contribution is -2.39. The molecule has 1 aliphatic rings. The van der Waals surface area contributed by atoms with Gasteiger partial charge in [0.1, 0.15) is 0 Å². The van der Waals surface area contributed by atoms with Crippen molar-refractivity contribution in [2.75, 3.05) is 52.3 Å².